The van der Waals surface area contributed by atoms with Crippen LogP contribution in [0, 0.1) is 6.92 Å². The molecule has 1 aromatic heterocycles. The van der Waals surface area contributed by atoms with E-state index in [4.69, 9.17) is 0 Å². The van der Waals surface area contributed by atoms with E-state index < -0.39 is 0 Å². The van der Waals surface area contributed by atoms with Crippen LogP contribution >= 0.6 is 0 Å². The van der Waals surface area contributed by atoms with E-state index in [-0.39, 0.29) is 5.75 Å². The summed E-state index contributed by atoms with van der Waals surface area (Å²) in [6.07, 6.45) is 2.42. The average Bonchev–Trinajstić information content (AvgIpc) is 2.61. The lowest BCUT2D eigenvalue weighted by atomic mass is 9.89. The number of likely N-dealkylation sites (N-methyl/N-ethyl adjacent to an activating group) is 1. The van der Waals surface area contributed by atoms with Gasteiger partial charge in [0.15, 0.2) is 0 Å². The Labute approximate surface area is 148 Å². The van der Waals surface area contributed by atoms with Crippen molar-refractivity contribution in [1.82, 2.24) is 15.1 Å². The molecule has 4 heteroatoms. The SMILES string of the molecule is Cc1cccc(O)c1-c1cc2cccc([C@@H]3CCCN(C)C3)c2nn1. The Morgan fingerprint density at radius 2 is 1.96 bits per heavy atom. The molecule has 0 saturated carbocycles. The first-order valence-corrected chi connectivity index (χ1v) is 8.87. The largest absolute Gasteiger partial charge is 0.507 e. The highest BCUT2D eigenvalue weighted by Crippen LogP contribution is 2.34. The summed E-state index contributed by atoms with van der Waals surface area (Å²) in [5.41, 5.74) is 4.76. The van der Waals surface area contributed by atoms with E-state index in [1.54, 1.807) is 6.07 Å². The first-order valence-electron chi connectivity index (χ1n) is 8.87. The van der Waals surface area contributed by atoms with E-state index in [0.29, 0.717) is 5.92 Å². The molecule has 1 N–H and O–H groups in total. The van der Waals surface area contributed by atoms with E-state index in [2.05, 4.69) is 40.3 Å². The quantitative estimate of drug-likeness (QED) is 0.766. The van der Waals surface area contributed by atoms with E-state index in [9.17, 15) is 5.11 Å². The summed E-state index contributed by atoms with van der Waals surface area (Å²) in [6, 6.07) is 13.9. The third kappa shape index (κ3) is 2.98. The van der Waals surface area contributed by atoms with Gasteiger partial charge in [0.25, 0.3) is 0 Å². The van der Waals surface area contributed by atoms with Gasteiger partial charge in [-0.1, -0.05) is 30.3 Å². The van der Waals surface area contributed by atoms with Crippen molar-refractivity contribution in [1.29, 1.82) is 0 Å². The number of fused-ring (bicyclic) bond motifs is 1. The average molecular weight is 333 g/mol. The normalized spacial score (nSPS) is 18.6. The Morgan fingerprint density at radius 3 is 2.76 bits per heavy atom. The zero-order valence-electron chi connectivity index (χ0n) is 14.7. The summed E-state index contributed by atoms with van der Waals surface area (Å²) < 4.78 is 0. The lowest BCUT2D eigenvalue weighted by Crippen LogP contribution is -2.30. The molecule has 2 aromatic carbocycles. The number of benzene rings is 2. The minimum Gasteiger partial charge on any atom is -0.507 e. The third-order valence-electron chi connectivity index (χ3n) is 5.22. The van der Waals surface area contributed by atoms with Gasteiger partial charge in [0.2, 0.25) is 0 Å². The van der Waals surface area contributed by atoms with Crippen molar-refractivity contribution in [2.24, 2.45) is 0 Å². The van der Waals surface area contributed by atoms with Crippen LogP contribution in [0.5, 0.6) is 5.75 Å². The maximum atomic E-state index is 10.2. The number of aromatic hydroxyl groups is 1. The van der Waals surface area contributed by atoms with Gasteiger partial charge in [-0.25, -0.2) is 0 Å². The number of hydrogen-bond donors (Lipinski definition) is 1. The van der Waals surface area contributed by atoms with Crippen LogP contribution < -0.4 is 0 Å². The smallest absolute Gasteiger partial charge is 0.125 e. The van der Waals surface area contributed by atoms with Crippen LogP contribution in [0.2, 0.25) is 0 Å². The molecule has 1 saturated heterocycles. The fraction of sp³-hybridized carbons (Fsp3) is 0.333. The second-order valence-electron chi connectivity index (χ2n) is 7.09. The van der Waals surface area contributed by atoms with Gasteiger partial charge in [0.1, 0.15) is 5.75 Å². The Bertz CT molecular complexity index is 902. The highest BCUT2D eigenvalue weighted by Gasteiger charge is 2.21. The molecule has 2 heterocycles. The molecule has 0 radical (unpaired) electrons. The summed E-state index contributed by atoms with van der Waals surface area (Å²) in [4.78, 5) is 2.39. The summed E-state index contributed by atoms with van der Waals surface area (Å²) >= 11 is 0. The van der Waals surface area contributed by atoms with Crippen molar-refractivity contribution in [3.8, 4) is 17.0 Å². The summed E-state index contributed by atoms with van der Waals surface area (Å²) in [5.74, 6) is 0.758. The molecule has 3 aromatic rings. The van der Waals surface area contributed by atoms with Gasteiger partial charge in [-0.05, 0) is 62.5 Å². The van der Waals surface area contributed by atoms with Crippen molar-refractivity contribution in [2.75, 3.05) is 20.1 Å². The molecule has 0 aliphatic carbocycles. The standard InChI is InChI=1S/C21H23N3O/c1-14-6-3-10-19(25)20(14)18-12-15-7-4-9-17(21(15)23-22-18)16-8-5-11-24(2)13-16/h3-4,6-7,9-10,12,16,25H,5,8,11,13H2,1-2H3/t16-/m1/s1. The Kier molecular flexibility index (Phi) is 4.14. The molecule has 1 atom stereocenters. The van der Waals surface area contributed by atoms with Crippen molar-refractivity contribution in [2.45, 2.75) is 25.7 Å². The summed E-state index contributed by atoms with van der Waals surface area (Å²) in [5, 5.41) is 20.3. The molecular weight excluding hydrogens is 310 g/mol. The number of nitrogens with zero attached hydrogens (tertiary/aromatic N) is 3. The van der Waals surface area contributed by atoms with Gasteiger partial charge >= 0.3 is 0 Å². The van der Waals surface area contributed by atoms with Gasteiger partial charge in [0.05, 0.1) is 11.2 Å². The fourth-order valence-electron chi connectivity index (χ4n) is 3.95. The van der Waals surface area contributed by atoms with Crippen LogP contribution in [0.4, 0.5) is 0 Å². The van der Waals surface area contributed by atoms with Crippen molar-refractivity contribution < 1.29 is 5.11 Å². The fourth-order valence-corrected chi connectivity index (χ4v) is 3.95. The van der Waals surface area contributed by atoms with Crippen LogP contribution in [0.3, 0.4) is 0 Å². The zero-order valence-corrected chi connectivity index (χ0v) is 14.7. The molecule has 25 heavy (non-hydrogen) atoms. The van der Waals surface area contributed by atoms with Crippen LogP contribution in [-0.2, 0) is 0 Å². The third-order valence-corrected chi connectivity index (χ3v) is 5.22. The second-order valence-corrected chi connectivity index (χ2v) is 7.09. The minimum absolute atomic E-state index is 0.249. The van der Waals surface area contributed by atoms with Crippen LogP contribution in [0.1, 0.15) is 29.9 Å². The molecule has 1 fully saturated rings. The number of aryl methyl sites for hydroxylation is 1. The molecule has 1 aliphatic rings. The van der Waals surface area contributed by atoms with Gasteiger partial charge < -0.3 is 10.0 Å². The number of hydrogen-bond acceptors (Lipinski definition) is 4. The molecular formula is C21H23N3O. The molecule has 4 rings (SSSR count). The molecule has 0 unspecified atom stereocenters. The topological polar surface area (TPSA) is 49.2 Å². The van der Waals surface area contributed by atoms with Crippen LogP contribution in [-0.4, -0.2) is 40.3 Å². The van der Waals surface area contributed by atoms with Gasteiger partial charge in [-0.2, -0.15) is 0 Å². The molecule has 128 valence electrons. The number of phenols is 1. The lowest BCUT2D eigenvalue weighted by molar-refractivity contribution is 0.251. The predicted molar refractivity (Wildman–Crippen MR) is 101 cm³/mol. The zero-order chi connectivity index (χ0) is 17.4. The second kappa shape index (κ2) is 6.45. The van der Waals surface area contributed by atoms with E-state index in [0.717, 1.165) is 34.3 Å². The molecule has 0 bridgehead atoms. The van der Waals surface area contributed by atoms with Crippen molar-refractivity contribution >= 4 is 10.9 Å². The van der Waals surface area contributed by atoms with E-state index in [1.807, 2.05) is 25.1 Å². The Balaban J connectivity index is 1.80. The monoisotopic (exact) mass is 333 g/mol. The number of likely N-dealkylation sites (tertiary alicyclic amines) is 1. The predicted octanol–water partition coefficient (Wildman–Crippen LogP) is 4.12. The van der Waals surface area contributed by atoms with E-state index in [1.165, 1.54) is 24.9 Å². The first kappa shape index (κ1) is 16.0. The number of aromatic nitrogens is 2. The van der Waals surface area contributed by atoms with Gasteiger partial charge in [0, 0.05) is 17.5 Å². The maximum Gasteiger partial charge on any atom is 0.125 e. The first-order chi connectivity index (χ1) is 12.1. The number of phenolic OH excluding ortho intramolecular Hbond substituents is 1. The van der Waals surface area contributed by atoms with Crippen molar-refractivity contribution in [3.63, 3.8) is 0 Å². The van der Waals surface area contributed by atoms with Gasteiger partial charge in [-0.15, -0.1) is 10.2 Å². The van der Waals surface area contributed by atoms with E-state index >= 15 is 0 Å². The number of piperidine rings is 1. The Morgan fingerprint density at radius 1 is 1.12 bits per heavy atom. The number of rotatable bonds is 2. The van der Waals surface area contributed by atoms with Crippen molar-refractivity contribution in [3.05, 3.63) is 53.6 Å². The lowest BCUT2D eigenvalue weighted by Gasteiger charge is -2.30. The summed E-state index contributed by atoms with van der Waals surface area (Å²) in [7, 11) is 2.18. The molecule has 4 nitrogen and oxygen atoms in total. The Hall–Kier alpha value is -2.46. The highest BCUT2D eigenvalue weighted by molar-refractivity contribution is 5.86. The molecule has 0 spiro atoms. The molecule has 0 amide bonds. The van der Waals surface area contributed by atoms with Gasteiger partial charge in [-0.3, -0.25) is 0 Å². The minimum atomic E-state index is 0.249. The van der Waals surface area contributed by atoms with Crippen LogP contribution in [0.15, 0.2) is 42.5 Å². The maximum absolute atomic E-state index is 10.2. The molecule has 1 aliphatic heterocycles. The summed E-state index contributed by atoms with van der Waals surface area (Å²) in [6.45, 7) is 4.22. The highest BCUT2D eigenvalue weighted by atomic mass is 16.3. The van der Waals surface area contributed by atoms with Crippen LogP contribution in [0.25, 0.3) is 22.2 Å².